The number of benzene rings is 4. The Balaban J connectivity index is 1.55. The number of carbonyl (C=O) groups is 3. The van der Waals surface area contributed by atoms with Gasteiger partial charge in [0, 0.05) is 23.8 Å². The topological polar surface area (TPSA) is 109 Å². The van der Waals surface area contributed by atoms with Crippen LogP contribution in [0.2, 0.25) is 0 Å². The van der Waals surface area contributed by atoms with Crippen molar-refractivity contribution in [1.29, 1.82) is 0 Å². The summed E-state index contributed by atoms with van der Waals surface area (Å²) < 4.78 is 16.0. The van der Waals surface area contributed by atoms with Crippen LogP contribution in [0.4, 0.5) is 15.8 Å². The molecule has 5 rings (SSSR count). The van der Waals surface area contributed by atoms with Gasteiger partial charge in [-0.25, -0.2) is 9.07 Å². The quantitative estimate of drug-likeness (QED) is 0.235. The summed E-state index contributed by atoms with van der Waals surface area (Å²) in [5, 5.41) is 14.0. The van der Waals surface area contributed by atoms with Crippen molar-refractivity contribution in [2.45, 2.75) is 33.0 Å². The molecule has 0 bridgehead atoms. The first-order valence-electron chi connectivity index (χ1n) is 13.9. The van der Waals surface area contributed by atoms with Gasteiger partial charge in [0.1, 0.15) is 23.9 Å². The minimum atomic E-state index is -1.22. The van der Waals surface area contributed by atoms with Gasteiger partial charge in [0.2, 0.25) is 17.7 Å². The van der Waals surface area contributed by atoms with Crippen LogP contribution in [-0.4, -0.2) is 32.7 Å². The lowest BCUT2D eigenvalue weighted by Crippen LogP contribution is -2.45. The van der Waals surface area contributed by atoms with E-state index >= 15 is 0 Å². The lowest BCUT2D eigenvalue weighted by molar-refractivity contribution is -0.127. The van der Waals surface area contributed by atoms with Crippen LogP contribution in [0.3, 0.4) is 0 Å². The lowest BCUT2D eigenvalue weighted by atomic mass is 10.0. The van der Waals surface area contributed by atoms with Crippen molar-refractivity contribution in [2.75, 3.05) is 10.2 Å². The molecular weight excluding hydrogens is 547 g/mol. The maximum absolute atomic E-state index is 14.5. The third kappa shape index (κ3) is 6.92. The van der Waals surface area contributed by atoms with Crippen molar-refractivity contribution in [2.24, 2.45) is 5.92 Å². The van der Waals surface area contributed by atoms with Crippen LogP contribution in [-0.2, 0) is 27.5 Å². The molecule has 0 spiro atoms. The molecule has 0 saturated carbocycles. The smallest absolute Gasteiger partial charge is 0.249 e. The fourth-order valence-electron chi connectivity index (χ4n) is 4.64. The fraction of sp³-hybridized carbons (Fsp3) is 0.182. The summed E-state index contributed by atoms with van der Waals surface area (Å²) >= 11 is 0. The normalized spacial score (nSPS) is 11.7. The molecular formula is C33H31FN6O3. The number of nitrogens with one attached hydrogen (secondary N) is 2. The molecule has 0 radical (unpaired) electrons. The van der Waals surface area contributed by atoms with E-state index in [0.717, 1.165) is 5.56 Å². The Hall–Kier alpha value is -5.38. The van der Waals surface area contributed by atoms with Gasteiger partial charge in [-0.2, -0.15) is 0 Å². The number of aromatic nitrogens is 3. The average molecular weight is 579 g/mol. The van der Waals surface area contributed by atoms with Gasteiger partial charge < -0.3 is 10.6 Å². The Bertz CT molecular complexity index is 1740. The SMILES string of the molecule is CC(C)C(=O)Nc1ccc(N(C(=O)Cn2nnc3ccccc32)C(C(=O)NCc2ccccc2)c2cccc(F)c2)cc1. The molecule has 1 unspecified atom stereocenters. The third-order valence-electron chi connectivity index (χ3n) is 6.89. The number of nitrogens with zero attached hydrogens (tertiary/aromatic N) is 4. The molecule has 2 N–H and O–H groups in total. The summed E-state index contributed by atoms with van der Waals surface area (Å²) in [6.07, 6.45) is 0. The van der Waals surface area contributed by atoms with E-state index in [1.54, 1.807) is 56.3 Å². The second-order valence-corrected chi connectivity index (χ2v) is 10.4. The van der Waals surface area contributed by atoms with E-state index in [9.17, 15) is 18.8 Å². The molecule has 4 aromatic carbocycles. The van der Waals surface area contributed by atoms with Gasteiger partial charge in [-0.05, 0) is 59.7 Å². The molecule has 218 valence electrons. The molecule has 0 aliphatic heterocycles. The van der Waals surface area contributed by atoms with Gasteiger partial charge in [0.15, 0.2) is 0 Å². The standard InChI is InChI=1S/C33H31FN6O3/c1-22(2)32(42)36-26-15-17-27(18-16-26)40(30(41)21-39-29-14-7-6-13-28(29)37-38-39)31(24-11-8-12-25(34)19-24)33(43)35-20-23-9-4-3-5-10-23/h3-19,22,31H,20-21H2,1-2H3,(H,35,43)(H,36,42). The zero-order valence-electron chi connectivity index (χ0n) is 23.8. The maximum atomic E-state index is 14.5. The summed E-state index contributed by atoms with van der Waals surface area (Å²) in [6.45, 7) is 3.55. The fourth-order valence-corrected chi connectivity index (χ4v) is 4.64. The van der Waals surface area contributed by atoms with Crippen LogP contribution in [0.1, 0.15) is 31.0 Å². The second kappa shape index (κ2) is 13.1. The first-order valence-corrected chi connectivity index (χ1v) is 13.9. The number of carbonyl (C=O) groups excluding carboxylic acids is 3. The molecule has 1 atom stereocenters. The van der Waals surface area contributed by atoms with Crippen molar-refractivity contribution in [3.63, 3.8) is 0 Å². The molecule has 5 aromatic rings. The van der Waals surface area contributed by atoms with E-state index in [1.807, 2.05) is 42.5 Å². The average Bonchev–Trinajstić information content (AvgIpc) is 3.42. The molecule has 1 aromatic heterocycles. The third-order valence-corrected chi connectivity index (χ3v) is 6.89. The Labute approximate surface area is 248 Å². The van der Waals surface area contributed by atoms with Crippen molar-refractivity contribution < 1.29 is 18.8 Å². The molecule has 0 saturated heterocycles. The summed E-state index contributed by atoms with van der Waals surface area (Å²) in [5.41, 5.74) is 3.34. The van der Waals surface area contributed by atoms with Crippen LogP contribution >= 0.6 is 0 Å². The summed E-state index contributed by atoms with van der Waals surface area (Å²) in [5.74, 6) is -1.89. The minimum absolute atomic E-state index is 0.156. The predicted octanol–water partition coefficient (Wildman–Crippen LogP) is 5.26. The second-order valence-electron chi connectivity index (χ2n) is 10.4. The molecule has 0 aliphatic rings. The highest BCUT2D eigenvalue weighted by molar-refractivity contribution is 6.02. The van der Waals surface area contributed by atoms with Gasteiger partial charge in [0.25, 0.3) is 0 Å². The number of hydrogen-bond donors (Lipinski definition) is 2. The van der Waals surface area contributed by atoms with Crippen LogP contribution in [0.5, 0.6) is 0 Å². The Kier molecular flexibility index (Phi) is 8.85. The van der Waals surface area contributed by atoms with Crippen molar-refractivity contribution in [1.82, 2.24) is 20.3 Å². The van der Waals surface area contributed by atoms with Crippen LogP contribution in [0, 0.1) is 11.7 Å². The van der Waals surface area contributed by atoms with E-state index < -0.39 is 23.7 Å². The summed E-state index contributed by atoms with van der Waals surface area (Å²) in [7, 11) is 0. The van der Waals surface area contributed by atoms with Gasteiger partial charge in [-0.3, -0.25) is 19.3 Å². The maximum Gasteiger partial charge on any atom is 0.249 e. The van der Waals surface area contributed by atoms with E-state index in [2.05, 4.69) is 20.9 Å². The Morgan fingerprint density at radius 1 is 0.860 bits per heavy atom. The number of anilines is 2. The number of rotatable bonds is 10. The molecule has 1 heterocycles. The van der Waals surface area contributed by atoms with Gasteiger partial charge >= 0.3 is 0 Å². The highest BCUT2D eigenvalue weighted by atomic mass is 19.1. The molecule has 0 fully saturated rings. The Morgan fingerprint density at radius 2 is 1.58 bits per heavy atom. The zero-order chi connectivity index (χ0) is 30.3. The van der Waals surface area contributed by atoms with Crippen molar-refractivity contribution >= 4 is 40.1 Å². The minimum Gasteiger partial charge on any atom is -0.350 e. The van der Waals surface area contributed by atoms with E-state index in [4.69, 9.17) is 0 Å². The Morgan fingerprint density at radius 3 is 2.30 bits per heavy atom. The highest BCUT2D eigenvalue weighted by Gasteiger charge is 2.33. The largest absolute Gasteiger partial charge is 0.350 e. The van der Waals surface area contributed by atoms with E-state index in [1.165, 1.54) is 27.8 Å². The van der Waals surface area contributed by atoms with E-state index in [0.29, 0.717) is 28.0 Å². The van der Waals surface area contributed by atoms with Crippen LogP contribution < -0.4 is 15.5 Å². The molecule has 9 nitrogen and oxygen atoms in total. The van der Waals surface area contributed by atoms with E-state index in [-0.39, 0.29) is 24.9 Å². The number of fused-ring (bicyclic) bond motifs is 1. The molecule has 0 aliphatic carbocycles. The van der Waals surface area contributed by atoms with Crippen molar-refractivity contribution in [3.8, 4) is 0 Å². The first-order chi connectivity index (χ1) is 20.8. The van der Waals surface area contributed by atoms with Gasteiger partial charge in [-0.1, -0.05) is 73.7 Å². The number of halogens is 1. The molecule has 10 heteroatoms. The molecule has 3 amide bonds. The van der Waals surface area contributed by atoms with Crippen LogP contribution in [0.15, 0.2) is 103 Å². The first kappa shape index (κ1) is 29.1. The lowest BCUT2D eigenvalue weighted by Gasteiger charge is -2.32. The zero-order valence-corrected chi connectivity index (χ0v) is 23.8. The predicted molar refractivity (Wildman–Crippen MR) is 162 cm³/mol. The summed E-state index contributed by atoms with van der Waals surface area (Å²) in [4.78, 5) is 41.7. The monoisotopic (exact) mass is 578 g/mol. The molecule has 43 heavy (non-hydrogen) atoms. The van der Waals surface area contributed by atoms with Gasteiger partial charge in [-0.15, -0.1) is 5.10 Å². The number of para-hydroxylation sites is 1. The highest BCUT2D eigenvalue weighted by Crippen LogP contribution is 2.30. The van der Waals surface area contributed by atoms with Gasteiger partial charge in [0.05, 0.1) is 5.52 Å². The summed E-state index contributed by atoms with van der Waals surface area (Å²) in [6, 6.07) is 27.6. The number of hydrogen-bond acceptors (Lipinski definition) is 5. The van der Waals surface area contributed by atoms with Crippen LogP contribution in [0.25, 0.3) is 11.0 Å². The van der Waals surface area contributed by atoms with Crippen molar-refractivity contribution in [3.05, 3.63) is 120 Å². The number of amides is 3.